The van der Waals surface area contributed by atoms with E-state index in [1.54, 1.807) is 18.2 Å². The Morgan fingerprint density at radius 2 is 1.75 bits per heavy atom. The van der Waals surface area contributed by atoms with E-state index < -0.39 is 6.10 Å². The van der Waals surface area contributed by atoms with Gasteiger partial charge in [0.15, 0.2) is 0 Å². The zero-order valence-corrected chi connectivity index (χ0v) is 12.2. The molecule has 0 aliphatic heterocycles. The van der Waals surface area contributed by atoms with Crippen LogP contribution < -0.4 is 5.32 Å². The highest BCUT2D eigenvalue weighted by Crippen LogP contribution is 2.25. The van der Waals surface area contributed by atoms with Gasteiger partial charge >= 0.3 is 0 Å². The molecule has 0 amide bonds. The monoisotopic (exact) mass is 306 g/mol. The number of rotatable bonds is 5. The molecule has 0 fully saturated rings. The van der Waals surface area contributed by atoms with E-state index in [1.807, 2.05) is 24.3 Å². The lowest BCUT2D eigenvalue weighted by molar-refractivity contribution is 0.168. The molecular weight excluding hydrogens is 293 g/mol. The van der Waals surface area contributed by atoms with Gasteiger partial charge in [0.25, 0.3) is 0 Å². The SMILES string of the molecule is [C]Nc1ccc(C(O)CCc2ccc(Cl)c(Cl)c2)cc1. The van der Waals surface area contributed by atoms with E-state index in [1.165, 1.54) is 0 Å². The number of anilines is 1. The van der Waals surface area contributed by atoms with Crippen LogP contribution in [0.2, 0.25) is 10.0 Å². The number of benzene rings is 2. The molecule has 0 spiro atoms. The fraction of sp³-hybridized carbons (Fsp3) is 0.188. The van der Waals surface area contributed by atoms with Gasteiger partial charge in [-0.05, 0) is 48.2 Å². The Balaban J connectivity index is 1.96. The van der Waals surface area contributed by atoms with Crippen LogP contribution in [0, 0.1) is 7.05 Å². The lowest BCUT2D eigenvalue weighted by Crippen LogP contribution is -2.00. The van der Waals surface area contributed by atoms with Crippen LogP contribution in [0.5, 0.6) is 0 Å². The van der Waals surface area contributed by atoms with Gasteiger partial charge in [-0.3, -0.25) is 0 Å². The number of halogens is 2. The third kappa shape index (κ3) is 3.89. The molecule has 0 saturated carbocycles. The summed E-state index contributed by atoms with van der Waals surface area (Å²) in [7, 11) is 7.02. The van der Waals surface area contributed by atoms with E-state index in [0.29, 0.717) is 22.2 Å². The first-order chi connectivity index (χ1) is 9.60. The van der Waals surface area contributed by atoms with E-state index in [2.05, 4.69) is 5.32 Å². The van der Waals surface area contributed by atoms with Crippen molar-refractivity contribution in [2.24, 2.45) is 0 Å². The van der Waals surface area contributed by atoms with E-state index in [9.17, 15) is 5.11 Å². The number of aliphatic hydroxyl groups is 1. The minimum Gasteiger partial charge on any atom is -0.388 e. The Kier molecular flexibility index (Phi) is 5.30. The molecule has 1 unspecified atom stereocenters. The smallest absolute Gasteiger partial charge is 0.122 e. The molecule has 2 N–H and O–H groups in total. The van der Waals surface area contributed by atoms with Crippen LogP contribution in [0.3, 0.4) is 0 Å². The van der Waals surface area contributed by atoms with E-state index in [0.717, 1.165) is 17.5 Å². The molecule has 4 heteroatoms. The lowest BCUT2D eigenvalue weighted by atomic mass is 10.0. The molecule has 3 radical (unpaired) electrons. The Hall–Kier alpha value is -1.22. The average Bonchev–Trinajstić information content (AvgIpc) is 2.48. The Morgan fingerprint density at radius 1 is 1.05 bits per heavy atom. The van der Waals surface area contributed by atoms with Gasteiger partial charge in [0.1, 0.15) is 7.05 Å². The molecule has 0 aliphatic rings. The summed E-state index contributed by atoms with van der Waals surface area (Å²) in [6.45, 7) is 0. The minimum absolute atomic E-state index is 0.532. The molecule has 0 saturated heterocycles. The van der Waals surface area contributed by atoms with Crippen molar-refractivity contribution in [1.29, 1.82) is 0 Å². The number of aryl methyl sites for hydroxylation is 1. The van der Waals surface area contributed by atoms with Crippen LogP contribution in [0.1, 0.15) is 23.7 Å². The zero-order valence-electron chi connectivity index (χ0n) is 10.7. The van der Waals surface area contributed by atoms with Crippen LogP contribution in [-0.2, 0) is 6.42 Å². The largest absolute Gasteiger partial charge is 0.388 e. The summed E-state index contributed by atoms with van der Waals surface area (Å²) in [5.41, 5.74) is 2.58. The molecule has 0 aromatic heterocycles. The third-order valence-corrected chi connectivity index (χ3v) is 3.87. The second-order valence-corrected chi connectivity index (χ2v) is 5.36. The Bertz CT molecular complexity index is 569. The highest BCUT2D eigenvalue weighted by molar-refractivity contribution is 6.42. The van der Waals surface area contributed by atoms with Gasteiger partial charge in [-0.2, -0.15) is 0 Å². The van der Waals surface area contributed by atoms with E-state index in [4.69, 9.17) is 30.2 Å². The van der Waals surface area contributed by atoms with Crippen molar-refractivity contribution in [2.45, 2.75) is 18.9 Å². The lowest BCUT2D eigenvalue weighted by Gasteiger charge is -2.12. The first kappa shape index (κ1) is 15.2. The molecule has 2 rings (SSSR count). The van der Waals surface area contributed by atoms with Crippen molar-refractivity contribution < 1.29 is 5.11 Å². The molecule has 1 atom stereocenters. The standard InChI is InChI=1S/C16H14Cl2NO/c1-19-13-6-4-12(5-7-13)16(20)9-3-11-2-8-14(17)15(18)10-11/h2,4-8,10,16,19-20H,3,9H2. The molecule has 2 nitrogen and oxygen atoms in total. The maximum Gasteiger partial charge on any atom is 0.122 e. The van der Waals surface area contributed by atoms with Crippen molar-refractivity contribution in [3.05, 3.63) is 70.7 Å². The van der Waals surface area contributed by atoms with Gasteiger partial charge in [-0.15, -0.1) is 0 Å². The van der Waals surface area contributed by atoms with Crippen LogP contribution in [0.4, 0.5) is 5.69 Å². The van der Waals surface area contributed by atoms with Gasteiger partial charge in [-0.25, -0.2) is 0 Å². The summed E-state index contributed by atoms with van der Waals surface area (Å²) in [5.74, 6) is 0. The van der Waals surface area contributed by atoms with Crippen molar-refractivity contribution in [1.82, 2.24) is 0 Å². The van der Waals surface area contributed by atoms with Crippen LogP contribution in [0.25, 0.3) is 0 Å². The van der Waals surface area contributed by atoms with Crippen molar-refractivity contribution in [3.63, 3.8) is 0 Å². The summed E-state index contributed by atoms with van der Waals surface area (Å²) in [4.78, 5) is 0. The summed E-state index contributed by atoms with van der Waals surface area (Å²) in [5, 5.41) is 13.5. The normalized spacial score (nSPS) is 12.2. The predicted octanol–water partition coefficient (Wildman–Crippen LogP) is 4.62. The number of nitrogens with one attached hydrogen (secondary N) is 1. The Labute approximate surface area is 129 Å². The molecule has 2 aromatic carbocycles. The number of hydrogen-bond acceptors (Lipinski definition) is 2. The first-order valence-corrected chi connectivity index (χ1v) is 7.00. The molecule has 103 valence electrons. The fourth-order valence-electron chi connectivity index (χ4n) is 1.95. The van der Waals surface area contributed by atoms with Crippen LogP contribution in [0.15, 0.2) is 42.5 Å². The van der Waals surface area contributed by atoms with Crippen LogP contribution in [-0.4, -0.2) is 5.11 Å². The maximum atomic E-state index is 10.1. The van der Waals surface area contributed by atoms with Crippen molar-refractivity contribution in [2.75, 3.05) is 5.32 Å². The second kappa shape index (κ2) is 6.98. The Morgan fingerprint density at radius 3 is 2.35 bits per heavy atom. The van der Waals surface area contributed by atoms with E-state index in [-0.39, 0.29) is 0 Å². The van der Waals surface area contributed by atoms with Crippen LogP contribution >= 0.6 is 23.2 Å². The third-order valence-electron chi connectivity index (χ3n) is 3.13. The van der Waals surface area contributed by atoms with Gasteiger partial charge in [0.05, 0.1) is 16.1 Å². The topological polar surface area (TPSA) is 32.3 Å². The van der Waals surface area contributed by atoms with Gasteiger partial charge in [0.2, 0.25) is 0 Å². The fourth-order valence-corrected chi connectivity index (χ4v) is 2.27. The molecule has 2 aromatic rings. The van der Waals surface area contributed by atoms with Gasteiger partial charge in [0, 0.05) is 5.69 Å². The average molecular weight is 307 g/mol. The predicted molar refractivity (Wildman–Crippen MR) is 83.1 cm³/mol. The molecular formula is C16H14Cl2NO. The summed E-state index contributed by atoms with van der Waals surface area (Å²) in [6, 6.07) is 12.7. The molecule has 20 heavy (non-hydrogen) atoms. The van der Waals surface area contributed by atoms with E-state index >= 15 is 0 Å². The summed E-state index contributed by atoms with van der Waals surface area (Å²) in [6.07, 6.45) is 0.784. The molecule has 0 aliphatic carbocycles. The quantitative estimate of drug-likeness (QED) is 0.845. The maximum absolute atomic E-state index is 10.1. The highest BCUT2D eigenvalue weighted by Gasteiger charge is 2.08. The highest BCUT2D eigenvalue weighted by atomic mass is 35.5. The zero-order chi connectivity index (χ0) is 14.5. The van der Waals surface area contributed by atoms with Crippen molar-refractivity contribution in [3.8, 4) is 0 Å². The van der Waals surface area contributed by atoms with Gasteiger partial charge < -0.3 is 10.4 Å². The van der Waals surface area contributed by atoms with Crippen molar-refractivity contribution >= 4 is 28.9 Å². The summed E-state index contributed by atoms with van der Waals surface area (Å²) < 4.78 is 0. The second-order valence-electron chi connectivity index (χ2n) is 4.55. The number of hydrogen-bond donors (Lipinski definition) is 2. The molecule has 0 heterocycles. The number of aliphatic hydroxyl groups excluding tert-OH is 1. The van der Waals surface area contributed by atoms with Gasteiger partial charge in [-0.1, -0.05) is 41.4 Å². The minimum atomic E-state index is -0.538. The molecule has 0 bridgehead atoms. The summed E-state index contributed by atoms with van der Waals surface area (Å²) >= 11 is 11.8. The first-order valence-electron chi connectivity index (χ1n) is 6.25.